The number of aliphatic imine (C=N–C) groups is 2. The van der Waals surface area contributed by atoms with Crippen LogP contribution in [0.3, 0.4) is 0 Å². The number of carbonyl (C=O) groups is 1. The molecular weight excluding hydrogens is 532 g/mol. The first kappa shape index (κ1) is 32.1. The van der Waals surface area contributed by atoms with Crippen molar-refractivity contribution in [3.63, 3.8) is 0 Å². The number of hydrogen-bond acceptors (Lipinski definition) is 9. The van der Waals surface area contributed by atoms with Crippen molar-refractivity contribution >= 4 is 47.1 Å². The lowest BCUT2D eigenvalue weighted by Crippen LogP contribution is -2.32. The van der Waals surface area contributed by atoms with E-state index in [2.05, 4.69) is 46.1 Å². The molecule has 0 saturated heterocycles. The van der Waals surface area contributed by atoms with Gasteiger partial charge in [-0.2, -0.15) is 0 Å². The van der Waals surface area contributed by atoms with Crippen molar-refractivity contribution < 1.29 is 19.0 Å². The van der Waals surface area contributed by atoms with Gasteiger partial charge in [-0.15, -0.1) is 0 Å². The van der Waals surface area contributed by atoms with Gasteiger partial charge in [-0.1, -0.05) is 13.8 Å². The molecule has 1 aromatic heterocycles. The first-order valence-electron chi connectivity index (χ1n) is 13.8. The third kappa shape index (κ3) is 9.31. The number of hydrogen-bond donors (Lipinski definition) is 2. The van der Waals surface area contributed by atoms with Crippen LogP contribution in [0.4, 0.5) is 33.4 Å². The molecule has 0 aliphatic carbocycles. The molecule has 0 atom stereocenters. The van der Waals surface area contributed by atoms with E-state index in [9.17, 15) is 4.79 Å². The predicted molar refractivity (Wildman–Crippen MR) is 171 cm³/mol. The third-order valence-electron chi connectivity index (χ3n) is 6.08. The maximum Gasteiger partial charge on any atom is 0.413 e. The van der Waals surface area contributed by atoms with Gasteiger partial charge >= 0.3 is 6.09 Å². The van der Waals surface area contributed by atoms with Crippen molar-refractivity contribution in [3.05, 3.63) is 60.3 Å². The van der Waals surface area contributed by atoms with Gasteiger partial charge in [-0.25, -0.2) is 9.78 Å². The first-order chi connectivity index (χ1) is 19.9. The number of benzene rings is 2. The average molecular weight is 575 g/mol. The van der Waals surface area contributed by atoms with Crippen molar-refractivity contribution in [1.82, 2.24) is 10.3 Å². The van der Waals surface area contributed by atoms with Crippen LogP contribution in [0, 0.1) is 0 Å². The Morgan fingerprint density at radius 3 is 2.24 bits per heavy atom. The molecule has 0 aliphatic heterocycles. The fourth-order valence-electron chi connectivity index (χ4n) is 4.06. The minimum absolute atomic E-state index is 0.348. The predicted octanol–water partition coefficient (Wildman–Crippen LogP) is 7.05. The Bertz CT molecular complexity index is 1370. The summed E-state index contributed by atoms with van der Waals surface area (Å²) in [6, 6.07) is 15.6. The quantitative estimate of drug-likeness (QED) is 0.223. The molecule has 0 unspecified atom stereocenters. The van der Waals surface area contributed by atoms with Crippen LogP contribution < -0.4 is 25.0 Å². The molecule has 224 valence electrons. The van der Waals surface area contributed by atoms with E-state index in [0.717, 1.165) is 29.2 Å². The lowest BCUT2D eigenvalue weighted by atomic mass is 10.1. The molecule has 0 spiro atoms. The van der Waals surface area contributed by atoms with Gasteiger partial charge in [0.25, 0.3) is 0 Å². The second-order valence-corrected chi connectivity index (χ2v) is 10.9. The molecule has 0 bridgehead atoms. The van der Waals surface area contributed by atoms with Crippen LogP contribution in [-0.4, -0.2) is 62.5 Å². The van der Waals surface area contributed by atoms with Crippen LogP contribution in [0.2, 0.25) is 0 Å². The number of methoxy groups -OCH3 is 2. The Hall–Kier alpha value is -4.44. The van der Waals surface area contributed by atoms with E-state index < -0.39 is 11.7 Å². The Kier molecular flexibility index (Phi) is 11.0. The smallest absolute Gasteiger partial charge is 0.413 e. The van der Waals surface area contributed by atoms with Crippen LogP contribution in [0.15, 0.2) is 64.7 Å². The molecule has 42 heavy (non-hydrogen) atoms. The number of anilines is 3. The molecule has 2 aromatic carbocycles. The standard InChI is InChI=1S/C32H42N6O4/c1-21(2)34-14-15-38(25-16-26(40-8)19-27(17-25)41-9)24-11-12-28(33-7)29(18-24)36-22(3)23-10-13-30(35-20-23)37-31(39)42-32(4,5)6/h10-13,16-21,34H,7,14-15H2,1-6,8-9H3,(H,35,37,39). The van der Waals surface area contributed by atoms with E-state index >= 15 is 0 Å². The topological polar surface area (TPSA) is 110 Å². The van der Waals surface area contributed by atoms with Gasteiger partial charge in [0.15, 0.2) is 0 Å². The summed E-state index contributed by atoms with van der Waals surface area (Å²) in [5.41, 5.74) is 4.07. The van der Waals surface area contributed by atoms with Gasteiger partial charge in [-0.3, -0.25) is 15.3 Å². The number of nitrogens with zero attached hydrogens (tertiary/aromatic N) is 4. The molecule has 1 amide bonds. The zero-order chi connectivity index (χ0) is 30.9. The first-order valence-corrected chi connectivity index (χ1v) is 13.8. The normalized spacial score (nSPS) is 11.7. The van der Waals surface area contributed by atoms with E-state index in [1.165, 1.54) is 0 Å². The second kappa shape index (κ2) is 14.5. The molecule has 0 radical (unpaired) electrons. The monoisotopic (exact) mass is 574 g/mol. The molecule has 10 nitrogen and oxygen atoms in total. The zero-order valence-corrected chi connectivity index (χ0v) is 25.8. The lowest BCUT2D eigenvalue weighted by Gasteiger charge is -2.27. The Balaban J connectivity index is 1.95. The van der Waals surface area contributed by atoms with E-state index in [1.54, 1.807) is 47.3 Å². The summed E-state index contributed by atoms with van der Waals surface area (Å²) in [6.45, 7) is 16.7. The van der Waals surface area contributed by atoms with Crippen LogP contribution in [-0.2, 0) is 4.74 Å². The van der Waals surface area contributed by atoms with E-state index in [1.807, 2.05) is 49.4 Å². The molecule has 0 saturated carbocycles. The fraction of sp³-hybridized carbons (Fsp3) is 0.375. The second-order valence-electron chi connectivity index (χ2n) is 10.9. The lowest BCUT2D eigenvalue weighted by molar-refractivity contribution is 0.0635. The molecular formula is C32H42N6O4. The summed E-state index contributed by atoms with van der Waals surface area (Å²) in [5.74, 6) is 1.78. The largest absolute Gasteiger partial charge is 0.497 e. The Labute approximate surface area is 248 Å². The summed E-state index contributed by atoms with van der Waals surface area (Å²) >= 11 is 0. The zero-order valence-electron chi connectivity index (χ0n) is 25.8. The van der Waals surface area contributed by atoms with E-state index in [0.29, 0.717) is 41.3 Å². The highest BCUT2D eigenvalue weighted by molar-refractivity contribution is 6.01. The van der Waals surface area contributed by atoms with Crippen molar-refractivity contribution in [3.8, 4) is 11.5 Å². The fourth-order valence-corrected chi connectivity index (χ4v) is 4.06. The highest BCUT2D eigenvalue weighted by atomic mass is 16.6. The number of amides is 1. The van der Waals surface area contributed by atoms with Gasteiger partial charge in [0.05, 0.1) is 25.6 Å². The SMILES string of the molecule is C=Nc1ccc(N(CCNC(C)C)c2cc(OC)cc(OC)c2)cc1N=C(C)c1ccc(NC(=O)OC(C)(C)C)nc1. The van der Waals surface area contributed by atoms with Crippen LogP contribution in [0.25, 0.3) is 0 Å². The Morgan fingerprint density at radius 2 is 1.69 bits per heavy atom. The molecule has 2 N–H and O–H groups in total. The Morgan fingerprint density at radius 1 is 1.00 bits per heavy atom. The van der Waals surface area contributed by atoms with Gasteiger partial charge < -0.3 is 24.4 Å². The van der Waals surface area contributed by atoms with Crippen LogP contribution in [0.1, 0.15) is 47.1 Å². The third-order valence-corrected chi connectivity index (χ3v) is 6.08. The summed E-state index contributed by atoms with van der Waals surface area (Å²) < 4.78 is 16.4. The number of pyridine rings is 1. The molecule has 1 heterocycles. The number of nitrogens with one attached hydrogen (secondary N) is 2. The number of carbonyl (C=O) groups excluding carboxylic acids is 1. The number of rotatable bonds is 12. The summed E-state index contributed by atoms with van der Waals surface area (Å²) in [6.07, 6.45) is 1.09. The number of ether oxygens (including phenoxy) is 3. The highest BCUT2D eigenvalue weighted by Gasteiger charge is 2.17. The summed E-state index contributed by atoms with van der Waals surface area (Å²) in [4.78, 5) is 27.7. The maximum atomic E-state index is 12.1. The summed E-state index contributed by atoms with van der Waals surface area (Å²) in [7, 11) is 3.27. The molecule has 3 rings (SSSR count). The average Bonchev–Trinajstić information content (AvgIpc) is 2.94. The van der Waals surface area contributed by atoms with Crippen molar-refractivity contribution in [2.45, 2.75) is 53.2 Å². The number of aromatic nitrogens is 1. The minimum Gasteiger partial charge on any atom is -0.497 e. The maximum absolute atomic E-state index is 12.1. The molecule has 10 heteroatoms. The van der Waals surface area contributed by atoms with Gasteiger partial charge in [-0.05, 0) is 64.7 Å². The van der Waals surface area contributed by atoms with Crippen molar-refractivity contribution in [2.24, 2.45) is 9.98 Å². The van der Waals surface area contributed by atoms with E-state index in [4.69, 9.17) is 19.2 Å². The van der Waals surface area contributed by atoms with Crippen LogP contribution >= 0.6 is 0 Å². The molecule has 3 aromatic rings. The highest BCUT2D eigenvalue weighted by Crippen LogP contribution is 2.37. The van der Waals surface area contributed by atoms with Gasteiger partial charge in [0, 0.05) is 66.2 Å². The van der Waals surface area contributed by atoms with Crippen molar-refractivity contribution in [2.75, 3.05) is 37.5 Å². The summed E-state index contributed by atoms with van der Waals surface area (Å²) in [5, 5.41) is 6.13. The molecule has 0 aliphatic rings. The van der Waals surface area contributed by atoms with Crippen molar-refractivity contribution in [1.29, 1.82) is 0 Å². The minimum atomic E-state index is -0.599. The van der Waals surface area contributed by atoms with E-state index in [-0.39, 0.29) is 0 Å². The van der Waals surface area contributed by atoms with Crippen LogP contribution in [0.5, 0.6) is 11.5 Å². The molecule has 0 fully saturated rings. The van der Waals surface area contributed by atoms with Gasteiger partial charge in [0.2, 0.25) is 0 Å². The van der Waals surface area contributed by atoms with Gasteiger partial charge in [0.1, 0.15) is 22.9 Å².